The highest BCUT2D eigenvalue weighted by molar-refractivity contribution is 6.30. The predicted octanol–water partition coefficient (Wildman–Crippen LogP) is 4.06. The third-order valence-corrected chi connectivity index (χ3v) is 6.00. The molecule has 1 heterocycles. The summed E-state index contributed by atoms with van der Waals surface area (Å²) in [6.45, 7) is 7.93. The highest BCUT2D eigenvalue weighted by atomic mass is 35.5. The predicted molar refractivity (Wildman–Crippen MR) is 114 cm³/mol. The number of ether oxygens (including phenoxy) is 1. The van der Waals surface area contributed by atoms with E-state index in [2.05, 4.69) is 0 Å². The summed E-state index contributed by atoms with van der Waals surface area (Å²) in [7, 11) is 0. The first-order valence-corrected chi connectivity index (χ1v) is 10.9. The molecule has 1 aromatic carbocycles. The van der Waals surface area contributed by atoms with E-state index in [1.807, 2.05) is 26.8 Å². The normalized spacial score (nSPS) is 15.9. The van der Waals surface area contributed by atoms with Crippen LogP contribution in [0.1, 0.15) is 57.9 Å². The van der Waals surface area contributed by atoms with Gasteiger partial charge in [-0.2, -0.15) is 0 Å². The lowest BCUT2D eigenvalue weighted by molar-refractivity contribution is -0.142. The van der Waals surface area contributed by atoms with Crippen LogP contribution in [0.15, 0.2) is 24.3 Å². The van der Waals surface area contributed by atoms with Crippen molar-refractivity contribution in [1.82, 2.24) is 9.80 Å². The quantitative estimate of drug-likeness (QED) is 0.639. The Morgan fingerprint density at radius 2 is 1.76 bits per heavy atom. The van der Waals surface area contributed by atoms with Crippen LogP contribution in [0.4, 0.5) is 4.79 Å². The summed E-state index contributed by atoms with van der Waals surface area (Å²) in [6, 6.07) is 7.15. The van der Waals surface area contributed by atoms with Crippen LogP contribution in [0.3, 0.4) is 0 Å². The van der Waals surface area contributed by atoms with Crippen molar-refractivity contribution in [2.45, 2.75) is 58.0 Å². The van der Waals surface area contributed by atoms with Gasteiger partial charge in [-0.15, -0.1) is 0 Å². The van der Waals surface area contributed by atoms with Crippen LogP contribution in [0.2, 0.25) is 5.02 Å². The molecular weight excluding hydrogens is 392 g/mol. The largest absolute Gasteiger partial charge is 0.449 e. The van der Waals surface area contributed by atoms with E-state index in [-0.39, 0.29) is 12.0 Å². The molecule has 1 atom stereocenters. The minimum absolute atomic E-state index is 0.127. The number of nitrogens with zero attached hydrogens (tertiary/aromatic N) is 2. The molecule has 7 heteroatoms. The Kier molecular flexibility index (Phi) is 8.78. The van der Waals surface area contributed by atoms with E-state index in [4.69, 9.17) is 16.3 Å². The van der Waals surface area contributed by atoms with Crippen molar-refractivity contribution in [2.75, 3.05) is 32.8 Å². The average Bonchev–Trinajstić information content (AvgIpc) is 2.74. The van der Waals surface area contributed by atoms with Gasteiger partial charge in [-0.3, -0.25) is 4.79 Å². The molecule has 1 aromatic rings. The highest BCUT2D eigenvalue weighted by Crippen LogP contribution is 2.36. The smallest absolute Gasteiger partial charge is 0.409 e. The van der Waals surface area contributed by atoms with Gasteiger partial charge in [0.1, 0.15) is 0 Å². The van der Waals surface area contributed by atoms with Gasteiger partial charge in [0.2, 0.25) is 5.91 Å². The van der Waals surface area contributed by atoms with E-state index in [1.54, 1.807) is 28.0 Å². The molecule has 29 heavy (non-hydrogen) atoms. The van der Waals surface area contributed by atoms with E-state index in [1.165, 1.54) is 0 Å². The van der Waals surface area contributed by atoms with Crippen molar-refractivity contribution in [3.63, 3.8) is 0 Å². The molecule has 6 nitrogen and oxygen atoms in total. The maximum absolute atomic E-state index is 13.5. The zero-order chi connectivity index (χ0) is 21.4. The Morgan fingerprint density at radius 1 is 1.14 bits per heavy atom. The standard InChI is InChI=1S/C22H33ClN2O4/c1-4-7-15-29-21(27)25-13-11-24(12-14-25)20(26)19(22(28,5-2)6-3)17-9-8-10-18(23)16-17/h8-10,16,19,28H,4-7,11-15H2,1-3H3. The summed E-state index contributed by atoms with van der Waals surface area (Å²) in [5.74, 6) is -0.822. The summed E-state index contributed by atoms with van der Waals surface area (Å²) in [5.41, 5.74) is -0.437. The Labute approximate surface area is 178 Å². The highest BCUT2D eigenvalue weighted by Gasteiger charge is 2.42. The first kappa shape index (κ1) is 23.5. The Bertz CT molecular complexity index is 685. The SMILES string of the molecule is CCCCOC(=O)N1CCN(C(=O)C(c2cccc(Cl)c2)C(O)(CC)CC)CC1. The third kappa shape index (κ3) is 5.86. The van der Waals surface area contributed by atoms with E-state index >= 15 is 0 Å². The number of piperazine rings is 1. The number of carbonyl (C=O) groups excluding carboxylic acids is 2. The topological polar surface area (TPSA) is 70.1 Å². The number of hydrogen-bond acceptors (Lipinski definition) is 4. The van der Waals surface area contributed by atoms with Gasteiger partial charge in [0.25, 0.3) is 0 Å². The number of benzene rings is 1. The second kappa shape index (κ2) is 10.8. The van der Waals surface area contributed by atoms with Crippen LogP contribution >= 0.6 is 11.6 Å². The van der Waals surface area contributed by atoms with Gasteiger partial charge < -0.3 is 19.6 Å². The molecule has 1 saturated heterocycles. The summed E-state index contributed by atoms with van der Waals surface area (Å²) < 4.78 is 5.27. The number of hydrogen-bond donors (Lipinski definition) is 1. The lowest BCUT2D eigenvalue weighted by Crippen LogP contribution is -2.54. The van der Waals surface area contributed by atoms with Crippen molar-refractivity contribution < 1.29 is 19.4 Å². The van der Waals surface area contributed by atoms with E-state index in [0.29, 0.717) is 50.7 Å². The van der Waals surface area contributed by atoms with Gasteiger partial charge in [-0.1, -0.05) is 50.9 Å². The Morgan fingerprint density at radius 3 is 2.31 bits per heavy atom. The zero-order valence-electron chi connectivity index (χ0n) is 17.7. The van der Waals surface area contributed by atoms with Crippen LogP contribution in [-0.2, 0) is 9.53 Å². The molecule has 162 valence electrons. The molecule has 0 saturated carbocycles. The Hall–Kier alpha value is -1.79. The van der Waals surface area contributed by atoms with Crippen molar-refractivity contribution in [1.29, 1.82) is 0 Å². The summed E-state index contributed by atoms with van der Waals surface area (Å²) >= 11 is 6.16. The second-order valence-corrected chi connectivity index (χ2v) is 8.02. The monoisotopic (exact) mass is 424 g/mol. The first-order chi connectivity index (χ1) is 13.9. The van der Waals surface area contributed by atoms with Gasteiger partial charge in [-0.25, -0.2) is 4.79 Å². The van der Waals surface area contributed by atoms with Gasteiger partial charge >= 0.3 is 6.09 Å². The summed E-state index contributed by atoms with van der Waals surface area (Å²) in [6.07, 6.45) is 2.40. The van der Waals surface area contributed by atoms with Crippen LogP contribution in [-0.4, -0.2) is 65.3 Å². The molecule has 0 aromatic heterocycles. The second-order valence-electron chi connectivity index (χ2n) is 7.58. The van der Waals surface area contributed by atoms with Gasteiger partial charge in [0.15, 0.2) is 0 Å². The number of aliphatic hydroxyl groups is 1. The molecule has 1 unspecified atom stereocenters. The van der Waals surface area contributed by atoms with E-state index in [9.17, 15) is 14.7 Å². The van der Waals surface area contributed by atoms with Gasteiger partial charge in [0.05, 0.1) is 18.1 Å². The first-order valence-electron chi connectivity index (χ1n) is 10.5. The molecule has 1 aliphatic rings. The van der Waals surface area contributed by atoms with Crippen LogP contribution in [0.5, 0.6) is 0 Å². The summed E-state index contributed by atoms with van der Waals surface area (Å²) in [5, 5.41) is 11.8. The van der Waals surface area contributed by atoms with Crippen molar-refractivity contribution in [2.24, 2.45) is 0 Å². The molecule has 1 aliphatic heterocycles. The third-order valence-electron chi connectivity index (χ3n) is 5.76. The maximum Gasteiger partial charge on any atom is 0.409 e. The molecule has 0 bridgehead atoms. The fourth-order valence-corrected chi connectivity index (χ4v) is 3.91. The lowest BCUT2D eigenvalue weighted by Gasteiger charge is -2.40. The summed E-state index contributed by atoms with van der Waals surface area (Å²) in [4.78, 5) is 29.0. The fraction of sp³-hybridized carbons (Fsp3) is 0.636. The number of halogens is 1. The minimum Gasteiger partial charge on any atom is -0.449 e. The van der Waals surface area contributed by atoms with Crippen LogP contribution < -0.4 is 0 Å². The maximum atomic E-state index is 13.5. The average molecular weight is 425 g/mol. The van der Waals surface area contributed by atoms with E-state index in [0.717, 1.165) is 18.4 Å². The molecule has 2 rings (SSSR count). The molecule has 2 amide bonds. The van der Waals surface area contributed by atoms with Gasteiger partial charge in [0, 0.05) is 31.2 Å². The van der Waals surface area contributed by atoms with E-state index < -0.39 is 11.5 Å². The molecule has 1 fully saturated rings. The molecule has 0 spiro atoms. The zero-order valence-corrected chi connectivity index (χ0v) is 18.5. The van der Waals surface area contributed by atoms with Gasteiger partial charge in [-0.05, 0) is 37.0 Å². The minimum atomic E-state index is -1.15. The fourth-order valence-electron chi connectivity index (χ4n) is 3.71. The molecule has 0 aliphatic carbocycles. The molecular formula is C22H33ClN2O4. The molecule has 1 N–H and O–H groups in total. The number of carbonyl (C=O) groups is 2. The Balaban J connectivity index is 2.12. The van der Waals surface area contributed by atoms with Crippen LogP contribution in [0, 0.1) is 0 Å². The van der Waals surface area contributed by atoms with Crippen molar-refractivity contribution >= 4 is 23.6 Å². The lowest BCUT2D eigenvalue weighted by atomic mass is 9.77. The van der Waals surface area contributed by atoms with Crippen LogP contribution in [0.25, 0.3) is 0 Å². The number of unbranched alkanes of at least 4 members (excludes halogenated alkanes) is 1. The van der Waals surface area contributed by atoms with Crippen molar-refractivity contribution in [3.05, 3.63) is 34.9 Å². The molecule has 0 radical (unpaired) electrons. The number of rotatable bonds is 8. The number of amides is 2. The van der Waals surface area contributed by atoms with Crippen molar-refractivity contribution in [3.8, 4) is 0 Å².